The van der Waals surface area contributed by atoms with Crippen LogP contribution in [0.15, 0.2) is 0 Å². The molecule has 0 aliphatic heterocycles. The van der Waals surface area contributed by atoms with E-state index < -0.39 is 48.5 Å². The number of nitrogens with zero attached hydrogens (tertiary/aromatic N) is 1. The van der Waals surface area contributed by atoms with Gasteiger partial charge in [-0.05, 0) is 13.8 Å². The minimum absolute atomic E-state index is 0.0199. The number of hydrogen-bond acceptors (Lipinski definition) is 8. The number of carboxylic acids is 1. The van der Waals surface area contributed by atoms with E-state index in [-0.39, 0.29) is 13.2 Å². The summed E-state index contributed by atoms with van der Waals surface area (Å²) in [6, 6.07) is 0. The standard InChI is InChI=1S/C14H21NO9/c1-9(16)15(5-6-22-10(2)17)7-12(20)24-14(3,4)13(21)23-8-11(18)19/h5-8H2,1-4H3,(H,18,19). The third kappa shape index (κ3) is 8.71. The van der Waals surface area contributed by atoms with Gasteiger partial charge < -0.3 is 24.2 Å². The van der Waals surface area contributed by atoms with Crippen LogP contribution in [0.2, 0.25) is 0 Å². The zero-order valence-electron chi connectivity index (χ0n) is 14.0. The van der Waals surface area contributed by atoms with Crippen LogP contribution in [0, 0.1) is 0 Å². The monoisotopic (exact) mass is 347 g/mol. The molecule has 0 bridgehead atoms. The first-order chi connectivity index (χ1) is 11.0. The summed E-state index contributed by atoms with van der Waals surface area (Å²) in [5.74, 6) is -4.26. The van der Waals surface area contributed by atoms with Gasteiger partial charge in [0.2, 0.25) is 11.5 Å². The summed E-state index contributed by atoms with van der Waals surface area (Å²) >= 11 is 0. The molecule has 0 heterocycles. The van der Waals surface area contributed by atoms with Gasteiger partial charge in [0.15, 0.2) is 6.61 Å². The van der Waals surface area contributed by atoms with E-state index in [2.05, 4.69) is 9.47 Å². The van der Waals surface area contributed by atoms with Gasteiger partial charge in [-0.1, -0.05) is 0 Å². The number of esters is 3. The van der Waals surface area contributed by atoms with Crippen molar-refractivity contribution >= 4 is 29.8 Å². The highest BCUT2D eigenvalue weighted by Crippen LogP contribution is 2.12. The topological polar surface area (TPSA) is 137 Å². The van der Waals surface area contributed by atoms with E-state index >= 15 is 0 Å². The van der Waals surface area contributed by atoms with Crippen LogP contribution in [0.25, 0.3) is 0 Å². The van der Waals surface area contributed by atoms with Crippen LogP contribution in [-0.2, 0) is 38.2 Å². The fourth-order valence-corrected chi connectivity index (χ4v) is 1.46. The second kappa shape index (κ2) is 9.48. The second-order valence-corrected chi connectivity index (χ2v) is 5.23. The number of aliphatic carboxylic acids is 1. The molecule has 0 radical (unpaired) electrons. The van der Waals surface area contributed by atoms with E-state index in [0.717, 1.165) is 4.90 Å². The van der Waals surface area contributed by atoms with Crippen molar-refractivity contribution in [3.05, 3.63) is 0 Å². The molecule has 10 heteroatoms. The fraction of sp³-hybridized carbons (Fsp3) is 0.643. The van der Waals surface area contributed by atoms with Crippen LogP contribution in [0.3, 0.4) is 0 Å². The zero-order valence-corrected chi connectivity index (χ0v) is 14.0. The first kappa shape index (κ1) is 21.4. The number of ether oxygens (including phenoxy) is 3. The first-order valence-electron chi connectivity index (χ1n) is 6.95. The van der Waals surface area contributed by atoms with Crippen molar-refractivity contribution in [3.8, 4) is 0 Å². The molecule has 0 rings (SSSR count). The van der Waals surface area contributed by atoms with E-state index in [0.29, 0.717) is 0 Å². The van der Waals surface area contributed by atoms with Gasteiger partial charge in [-0.3, -0.25) is 14.4 Å². The quantitative estimate of drug-likeness (QED) is 0.426. The lowest BCUT2D eigenvalue weighted by Crippen LogP contribution is -2.44. The SMILES string of the molecule is CC(=O)OCCN(CC(=O)OC(C)(C)C(=O)OCC(=O)O)C(C)=O. The Labute approximate surface area is 138 Å². The van der Waals surface area contributed by atoms with Gasteiger partial charge in [0.05, 0.1) is 6.54 Å². The molecule has 0 spiro atoms. The summed E-state index contributed by atoms with van der Waals surface area (Å²) < 4.78 is 14.1. The van der Waals surface area contributed by atoms with Crippen LogP contribution in [-0.4, -0.2) is 71.7 Å². The van der Waals surface area contributed by atoms with Crippen molar-refractivity contribution in [2.75, 3.05) is 26.3 Å². The van der Waals surface area contributed by atoms with E-state index in [9.17, 15) is 24.0 Å². The van der Waals surface area contributed by atoms with E-state index in [4.69, 9.17) is 9.84 Å². The number of carboxylic acid groups (broad SMARTS) is 1. The van der Waals surface area contributed by atoms with Crippen molar-refractivity contribution in [3.63, 3.8) is 0 Å². The average Bonchev–Trinajstić information content (AvgIpc) is 2.42. The molecular formula is C14H21NO9. The minimum Gasteiger partial charge on any atom is -0.479 e. The predicted octanol–water partition coefficient (Wildman–Crippen LogP) is -0.652. The van der Waals surface area contributed by atoms with E-state index in [1.807, 2.05) is 0 Å². The Bertz CT molecular complexity index is 512. The number of amides is 1. The van der Waals surface area contributed by atoms with Gasteiger partial charge in [0.25, 0.3) is 0 Å². The molecule has 0 aromatic rings. The molecule has 0 aromatic carbocycles. The number of carbonyl (C=O) groups is 5. The smallest absolute Gasteiger partial charge is 0.350 e. The molecule has 24 heavy (non-hydrogen) atoms. The molecule has 0 unspecified atom stereocenters. The van der Waals surface area contributed by atoms with Crippen molar-refractivity contribution in [2.45, 2.75) is 33.3 Å². The fourth-order valence-electron chi connectivity index (χ4n) is 1.46. The maximum absolute atomic E-state index is 11.9. The van der Waals surface area contributed by atoms with Crippen molar-refractivity contribution < 1.29 is 43.3 Å². The lowest BCUT2D eigenvalue weighted by Gasteiger charge is -2.25. The maximum Gasteiger partial charge on any atom is 0.350 e. The van der Waals surface area contributed by atoms with Crippen molar-refractivity contribution in [1.29, 1.82) is 0 Å². The normalized spacial score (nSPS) is 10.5. The number of hydrogen-bond donors (Lipinski definition) is 1. The lowest BCUT2D eigenvalue weighted by atomic mass is 10.1. The van der Waals surface area contributed by atoms with E-state index in [1.54, 1.807) is 0 Å². The molecule has 136 valence electrons. The molecule has 0 saturated heterocycles. The van der Waals surface area contributed by atoms with Gasteiger partial charge in [-0.25, -0.2) is 9.59 Å². The Morgan fingerprint density at radius 1 is 1.04 bits per heavy atom. The molecule has 10 nitrogen and oxygen atoms in total. The van der Waals surface area contributed by atoms with Gasteiger partial charge in [-0.15, -0.1) is 0 Å². The zero-order chi connectivity index (χ0) is 18.9. The molecule has 1 N–H and O–H groups in total. The van der Waals surface area contributed by atoms with Gasteiger partial charge >= 0.3 is 23.9 Å². The highest BCUT2D eigenvalue weighted by Gasteiger charge is 2.34. The van der Waals surface area contributed by atoms with Crippen LogP contribution in [0.4, 0.5) is 0 Å². The van der Waals surface area contributed by atoms with Gasteiger partial charge in [0.1, 0.15) is 13.2 Å². The van der Waals surface area contributed by atoms with Crippen molar-refractivity contribution in [2.24, 2.45) is 0 Å². The third-order valence-corrected chi connectivity index (χ3v) is 2.62. The average molecular weight is 347 g/mol. The molecule has 0 saturated carbocycles. The van der Waals surface area contributed by atoms with Gasteiger partial charge in [0, 0.05) is 13.8 Å². The van der Waals surface area contributed by atoms with Crippen molar-refractivity contribution in [1.82, 2.24) is 4.90 Å². The molecular weight excluding hydrogens is 326 g/mol. The molecule has 0 aliphatic rings. The number of carbonyl (C=O) groups excluding carboxylic acids is 4. The summed E-state index contributed by atoms with van der Waals surface area (Å²) in [6.07, 6.45) is 0. The molecule has 0 aliphatic carbocycles. The molecule has 0 fully saturated rings. The lowest BCUT2D eigenvalue weighted by molar-refractivity contribution is -0.181. The van der Waals surface area contributed by atoms with Crippen LogP contribution >= 0.6 is 0 Å². The highest BCUT2D eigenvalue weighted by atomic mass is 16.6. The summed E-state index contributed by atoms with van der Waals surface area (Å²) in [5, 5.41) is 8.45. The Morgan fingerprint density at radius 3 is 2.08 bits per heavy atom. The Morgan fingerprint density at radius 2 is 1.62 bits per heavy atom. The van der Waals surface area contributed by atoms with Crippen LogP contribution in [0.5, 0.6) is 0 Å². The molecule has 1 amide bonds. The molecule has 0 atom stereocenters. The second-order valence-electron chi connectivity index (χ2n) is 5.23. The highest BCUT2D eigenvalue weighted by molar-refractivity contribution is 5.86. The largest absolute Gasteiger partial charge is 0.479 e. The summed E-state index contributed by atoms with van der Waals surface area (Å²) in [7, 11) is 0. The third-order valence-electron chi connectivity index (χ3n) is 2.62. The summed E-state index contributed by atoms with van der Waals surface area (Å²) in [6.45, 7) is 3.44. The number of rotatable bonds is 9. The minimum atomic E-state index is -1.72. The summed E-state index contributed by atoms with van der Waals surface area (Å²) in [5.41, 5.74) is -1.72. The Hall–Kier alpha value is -2.65. The molecule has 0 aromatic heterocycles. The van der Waals surface area contributed by atoms with Crippen LogP contribution < -0.4 is 0 Å². The predicted molar refractivity (Wildman–Crippen MR) is 77.7 cm³/mol. The summed E-state index contributed by atoms with van der Waals surface area (Å²) in [4.78, 5) is 57.1. The van der Waals surface area contributed by atoms with Gasteiger partial charge in [-0.2, -0.15) is 0 Å². The Kier molecular flexibility index (Phi) is 8.43. The first-order valence-corrected chi connectivity index (χ1v) is 6.95. The van der Waals surface area contributed by atoms with Crippen LogP contribution in [0.1, 0.15) is 27.7 Å². The maximum atomic E-state index is 11.9. The Balaban J connectivity index is 4.59. The van der Waals surface area contributed by atoms with E-state index in [1.165, 1.54) is 27.7 Å².